The van der Waals surface area contributed by atoms with Gasteiger partial charge >= 0.3 is 6.61 Å². The number of para-hydroxylation sites is 1. The molecule has 0 radical (unpaired) electrons. The first-order chi connectivity index (χ1) is 14.0. The molecule has 0 spiro atoms. The highest BCUT2D eigenvalue weighted by Gasteiger charge is 2.17. The van der Waals surface area contributed by atoms with E-state index in [4.69, 9.17) is 4.74 Å². The third kappa shape index (κ3) is 3.62. The van der Waals surface area contributed by atoms with Crippen LogP contribution in [0.2, 0.25) is 0 Å². The van der Waals surface area contributed by atoms with Gasteiger partial charge in [0, 0.05) is 28.0 Å². The summed E-state index contributed by atoms with van der Waals surface area (Å²) in [5.74, 6) is -0.391. The number of nitrogens with one attached hydrogen (secondary N) is 3. The van der Waals surface area contributed by atoms with E-state index in [9.17, 15) is 13.6 Å². The third-order valence-corrected chi connectivity index (χ3v) is 4.57. The van der Waals surface area contributed by atoms with Crippen LogP contribution in [0.15, 0.2) is 73.4 Å². The zero-order valence-electron chi connectivity index (χ0n) is 15.2. The average molecular weight is 393 g/mol. The van der Waals surface area contributed by atoms with E-state index in [2.05, 4.69) is 22.4 Å². The fourth-order valence-corrected chi connectivity index (χ4v) is 3.22. The van der Waals surface area contributed by atoms with Crippen LogP contribution in [0.25, 0.3) is 27.4 Å². The highest BCUT2D eigenvalue weighted by Crippen LogP contribution is 2.34. The van der Waals surface area contributed by atoms with Crippen molar-refractivity contribution in [1.29, 1.82) is 0 Å². The van der Waals surface area contributed by atoms with E-state index in [1.807, 2.05) is 30.3 Å². The third-order valence-electron chi connectivity index (χ3n) is 4.57. The van der Waals surface area contributed by atoms with Crippen LogP contribution in [0.5, 0.6) is 5.75 Å². The zero-order valence-corrected chi connectivity index (χ0v) is 15.2. The summed E-state index contributed by atoms with van der Waals surface area (Å²) in [7, 11) is 0. The number of fused-ring (bicyclic) bond motifs is 2. The summed E-state index contributed by atoms with van der Waals surface area (Å²) in [4.78, 5) is 15.6. The summed E-state index contributed by atoms with van der Waals surface area (Å²) in [6.45, 7) is 0.864. The molecule has 0 fully saturated rings. The quantitative estimate of drug-likeness (QED) is 0.411. The highest BCUT2D eigenvalue weighted by molar-refractivity contribution is 6.06. The molecule has 4 rings (SSSR count). The average Bonchev–Trinajstić information content (AvgIpc) is 3.16. The van der Waals surface area contributed by atoms with Gasteiger partial charge < -0.3 is 9.72 Å². The van der Waals surface area contributed by atoms with Crippen LogP contribution in [0, 0.1) is 0 Å². The van der Waals surface area contributed by atoms with E-state index in [0.29, 0.717) is 16.5 Å². The fraction of sp³-hybridized carbons (Fsp3) is 0.0455. The van der Waals surface area contributed by atoms with Crippen LogP contribution >= 0.6 is 0 Å². The van der Waals surface area contributed by atoms with Gasteiger partial charge in [0.1, 0.15) is 5.75 Å². The lowest BCUT2D eigenvalue weighted by molar-refractivity contribution is -0.0490. The van der Waals surface area contributed by atoms with Crippen LogP contribution < -0.4 is 15.6 Å². The van der Waals surface area contributed by atoms with Crippen molar-refractivity contribution >= 4 is 33.3 Å². The Bertz CT molecular complexity index is 1220. The highest BCUT2D eigenvalue weighted by atomic mass is 19.3. The molecule has 1 aromatic heterocycles. The van der Waals surface area contributed by atoms with E-state index in [0.717, 1.165) is 16.3 Å². The number of alkyl halides is 2. The Labute approximate surface area is 165 Å². The summed E-state index contributed by atoms with van der Waals surface area (Å²) in [5.41, 5.74) is 7.07. The van der Waals surface area contributed by atoms with Crippen LogP contribution in [-0.4, -0.2) is 17.5 Å². The first kappa shape index (κ1) is 18.5. The molecular formula is C22H17F2N3O2. The second kappa shape index (κ2) is 7.63. The van der Waals surface area contributed by atoms with Gasteiger partial charge in [0.05, 0.1) is 11.3 Å². The normalized spacial score (nSPS) is 11.0. The number of hydrazine groups is 1. The second-order valence-corrected chi connectivity index (χ2v) is 6.35. The maximum absolute atomic E-state index is 13.0. The summed E-state index contributed by atoms with van der Waals surface area (Å²) >= 11 is 0. The monoisotopic (exact) mass is 393 g/mol. The largest absolute Gasteiger partial charge is 0.433 e. The molecule has 0 unspecified atom stereocenters. The second-order valence-electron chi connectivity index (χ2n) is 6.35. The Morgan fingerprint density at radius 1 is 0.931 bits per heavy atom. The summed E-state index contributed by atoms with van der Waals surface area (Å²) in [6, 6.07) is 17.8. The van der Waals surface area contributed by atoms with Gasteiger partial charge in [0.2, 0.25) is 0 Å². The zero-order chi connectivity index (χ0) is 20.4. The Morgan fingerprint density at radius 2 is 1.66 bits per heavy atom. The molecule has 7 heteroatoms. The maximum atomic E-state index is 13.0. The van der Waals surface area contributed by atoms with Gasteiger partial charge in [-0.15, -0.1) is 0 Å². The topological polar surface area (TPSA) is 66.1 Å². The number of hydrogen-bond donors (Lipinski definition) is 3. The molecule has 0 bridgehead atoms. The number of hydrogen-bond acceptors (Lipinski definition) is 3. The lowest BCUT2D eigenvalue weighted by Gasteiger charge is -2.17. The standard InChI is InChI=1S/C22H17F2N3O2/c1-13(26-27-21(28)18-12-25-19-9-5-4-8-17(18)19)15-11-10-14-6-2-3-7-16(14)20(15)29-22(23)24/h2-12,22,25-26H,1H2,(H,27,28). The number of H-pyrrole nitrogens is 1. The van der Waals surface area contributed by atoms with E-state index < -0.39 is 6.61 Å². The number of carbonyl (C=O) groups excluding carboxylic acids is 1. The first-order valence-electron chi connectivity index (χ1n) is 8.83. The molecule has 0 saturated heterocycles. The minimum absolute atomic E-state index is 0.00283. The number of rotatable bonds is 6. The van der Waals surface area contributed by atoms with Crippen LogP contribution in [0.4, 0.5) is 8.78 Å². The van der Waals surface area contributed by atoms with Crippen molar-refractivity contribution < 1.29 is 18.3 Å². The van der Waals surface area contributed by atoms with Crippen LogP contribution in [-0.2, 0) is 0 Å². The Balaban J connectivity index is 1.58. The molecule has 1 heterocycles. The van der Waals surface area contributed by atoms with Crippen molar-refractivity contribution in [3.63, 3.8) is 0 Å². The molecule has 0 aliphatic rings. The van der Waals surface area contributed by atoms with Crippen LogP contribution in [0.3, 0.4) is 0 Å². The smallest absolute Gasteiger partial charge is 0.387 e. The molecule has 4 aromatic rings. The van der Waals surface area contributed by atoms with E-state index >= 15 is 0 Å². The fourth-order valence-electron chi connectivity index (χ4n) is 3.22. The predicted molar refractivity (Wildman–Crippen MR) is 109 cm³/mol. The van der Waals surface area contributed by atoms with Crippen molar-refractivity contribution in [2.45, 2.75) is 6.61 Å². The molecule has 0 aliphatic heterocycles. The molecule has 0 aliphatic carbocycles. The molecule has 29 heavy (non-hydrogen) atoms. The Kier molecular flexibility index (Phi) is 4.87. The molecule has 0 saturated carbocycles. The molecule has 146 valence electrons. The van der Waals surface area contributed by atoms with E-state index in [-0.39, 0.29) is 17.4 Å². The van der Waals surface area contributed by atoms with Gasteiger partial charge in [-0.2, -0.15) is 8.78 Å². The van der Waals surface area contributed by atoms with Gasteiger partial charge in [-0.25, -0.2) is 0 Å². The van der Waals surface area contributed by atoms with Gasteiger partial charge in [-0.1, -0.05) is 55.1 Å². The Morgan fingerprint density at radius 3 is 2.45 bits per heavy atom. The lowest BCUT2D eigenvalue weighted by atomic mass is 10.0. The van der Waals surface area contributed by atoms with Gasteiger partial charge in [-0.05, 0) is 17.5 Å². The molecule has 1 amide bonds. The van der Waals surface area contributed by atoms with E-state index in [1.54, 1.807) is 36.5 Å². The number of aromatic amines is 1. The van der Waals surface area contributed by atoms with Crippen molar-refractivity contribution in [1.82, 2.24) is 15.8 Å². The van der Waals surface area contributed by atoms with Crippen molar-refractivity contribution in [3.8, 4) is 5.75 Å². The maximum Gasteiger partial charge on any atom is 0.387 e. The molecule has 0 atom stereocenters. The van der Waals surface area contributed by atoms with Crippen molar-refractivity contribution in [2.75, 3.05) is 0 Å². The first-order valence-corrected chi connectivity index (χ1v) is 8.83. The number of carbonyl (C=O) groups is 1. The number of amides is 1. The predicted octanol–water partition coefficient (Wildman–Crippen LogP) is 4.83. The Hall–Kier alpha value is -3.87. The molecular weight excluding hydrogens is 376 g/mol. The minimum atomic E-state index is -2.99. The molecule has 3 N–H and O–H groups in total. The number of aromatic nitrogens is 1. The molecule has 3 aromatic carbocycles. The lowest BCUT2D eigenvalue weighted by Crippen LogP contribution is -2.35. The number of benzene rings is 3. The SMILES string of the molecule is C=C(NNC(=O)c1c[nH]c2ccccc12)c1ccc2ccccc2c1OC(F)F. The molecule has 5 nitrogen and oxygen atoms in total. The van der Waals surface area contributed by atoms with Crippen molar-refractivity contribution in [3.05, 3.63) is 84.6 Å². The number of halogens is 2. The number of ether oxygens (including phenoxy) is 1. The minimum Gasteiger partial charge on any atom is -0.433 e. The van der Waals surface area contributed by atoms with E-state index in [1.165, 1.54) is 0 Å². The summed E-state index contributed by atoms with van der Waals surface area (Å²) < 4.78 is 30.8. The van der Waals surface area contributed by atoms with Crippen molar-refractivity contribution in [2.24, 2.45) is 0 Å². The van der Waals surface area contributed by atoms with Gasteiger partial charge in [-0.3, -0.25) is 15.6 Å². The summed E-state index contributed by atoms with van der Waals surface area (Å²) in [5, 5.41) is 2.04. The van der Waals surface area contributed by atoms with Gasteiger partial charge in [0.15, 0.2) is 0 Å². The van der Waals surface area contributed by atoms with Crippen LogP contribution in [0.1, 0.15) is 15.9 Å². The van der Waals surface area contributed by atoms with Gasteiger partial charge in [0.25, 0.3) is 5.91 Å². The summed E-state index contributed by atoms with van der Waals surface area (Å²) in [6.07, 6.45) is 1.60.